The third kappa shape index (κ3) is 4.14. The molecule has 0 aliphatic carbocycles. The maximum atomic E-state index is 13.6. The average Bonchev–Trinajstić information content (AvgIpc) is 3.06. The molecule has 0 radical (unpaired) electrons. The van der Waals surface area contributed by atoms with Gasteiger partial charge in [-0.3, -0.25) is 4.79 Å². The summed E-state index contributed by atoms with van der Waals surface area (Å²) in [5.74, 6) is -0.636. The van der Waals surface area contributed by atoms with Crippen LogP contribution in [0.15, 0.2) is 42.5 Å². The monoisotopic (exact) mass is 346 g/mol. The highest BCUT2D eigenvalue weighted by molar-refractivity contribution is 5.94. The molecule has 6 heteroatoms. The van der Waals surface area contributed by atoms with Crippen LogP contribution in [0.5, 0.6) is 11.5 Å². The van der Waals surface area contributed by atoms with Gasteiger partial charge in [0, 0.05) is 24.7 Å². The van der Waals surface area contributed by atoms with Gasteiger partial charge in [0.2, 0.25) is 0 Å². The van der Waals surface area contributed by atoms with Gasteiger partial charge in [-0.1, -0.05) is 0 Å². The molecule has 1 aliphatic heterocycles. The second-order valence-electron chi connectivity index (χ2n) is 6.16. The molecular formula is C19H20F2N2O2. The fourth-order valence-electron chi connectivity index (χ4n) is 3.01. The minimum absolute atomic E-state index is 0.0156. The lowest BCUT2D eigenvalue weighted by Gasteiger charge is -2.17. The number of benzene rings is 2. The van der Waals surface area contributed by atoms with Crippen LogP contribution in [-0.4, -0.2) is 37.5 Å². The number of likely N-dealkylation sites (tertiary alicyclic amines) is 1. The molecule has 4 nitrogen and oxygen atoms in total. The van der Waals surface area contributed by atoms with Crippen LogP contribution < -0.4 is 10.1 Å². The number of ether oxygens (including phenoxy) is 1. The zero-order valence-corrected chi connectivity index (χ0v) is 14.0. The first kappa shape index (κ1) is 17.4. The van der Waals surface area contributed by atoms with Crippen molar-refractivity contribution >= 4 is 5.91 Å². The molecule has 1 amide bonds. The molecule has 0 unspecified atom stereocenters. The first-order chi connectivity index (χ1) is 12.1. The second kappa shape index (κ2) is 7.61. The van der Waals surface area contributed by atoms with Gasteiger partial charge in [-0.2, -0.15) is 0 Å². The minimum Gasteiger partial charge on any atom is -0.454 e. The van der Waals surface area contributed by atoms with E-state index in [1.165, 1.54) is 6.07 Å². The number of carbonyl (C=O) groups is 1. The Morgan fingerprint density at radius 1 is 1.24 bits per heavy atom. The van der Waals surface area contributed by atoms with Gasteiger partial charge in [0.1, 0.15) is 11.6 Å². The molecule has 1 N–H and O–H groups in total. The Bertz CT molecular complexity index is 750. The molecule has 1 heterocycles. The summed E-state index contributed by atoms with van der Waals surface area (Å²) in [6.45, 7) is 2.41. The summed E-state index contributed by atoms with van der Waals surface area (Å²) >= 11 is 0. The third-order valence-corrected chi connectivity index (χ3v) is 4.29. The zero-order valence-electron chi connectivity index (χ0n) is 14.0. The van der Waals surface area contributed by atoms with Crippen LogP contribution in [0.3, 0.4) is 0 Å². The fourth-order valence-corrected chi connectivity index (χ4v) is 3.01. The highest BCUT2D eigenvalue weighted by Gasteiger charge is 2.26. The molecule has 0 spiro atoms. The SMILES string of the molecule is CNC[C@H]1CCN(C(=O)c2ccc(Oc3ccc(F)cc3F)cc2)C1. The number of nitrogens with zero attached hydrogens (tertiary/aromatic N) is 1. The van der Waals surface area contributed by atoms with E-state index >= 15 is 0 Å². The van der Waals surface area contributed by atoms with E-state index < -0.39 is 11.6 Å². The average molecular weight is 346 g/mol. The third-order valence-electron chi connectivity index (χ3n) is 4.29. The molecule has 0 saturated carbocycles. The van der Waals surface area contributed by atoms with Crippen molar-refractivity contribution in [3.8, 4) is 11.5 Å². The quantitative estimate of drug-likeness (QED) is 0.902. The molecule has 0 bridgehead atoms. The van der Waals surface area contributed by atoms with Crippen LogP contribution in [0.2, 0.25) is 0 Å². The molecule has 2 aromatic carbocycles. The predicted octanol–water partition coefficient (Wildman–Crippen LogP) is 3.44. The maximum Gasteiger partial charge on any atom is 0.253 e. The molecular weight excluding hydrogens is 326 g/mol. The topological polar surface area (TPSA) is 41.6 Å². The van der Waals surface area contributed by atoms with Gasteiger partial charge in [0.15, 0.2) is 11.6 Å². The van der Waals surface area contributed by atoms with Crippen molar-refractivity contribution < 1.29 is 18.3 Å². The van der Waals surface area contributed by atoms with Crippen molar-refractivity contribution in [1.82, 2.24) is 10.2 Å². The summed E-state index contributed by atoms with van der Waals surface area (Å²) < 4.78 is 31.9. The van der Waals surface area contributed by atoms with E-state index in [9.17, 15) is 13.6 Å². The summed E-state index contributed by atoms with van der Waals surface area (Å²) in [5, 5.41) is 3.14. The number of carbonyl (C=O) groups excluding carboxylic acids is 1. The van der Waals surface area contributed by atoms with E-state index in [2.05, 4.69) is 5.32 Å². The van der Waals surface area contributed by atoms with E-state index in [0.29, 0.717) is 17.2 Å². The molecule has 1 aliphatic rings. The van der Waals surface area contributed by atoms with Crippen LogP contribution in [0.4, 0.5) is 8.78 Å². The Morgan fingerprint density at radius 2 is 2.00 bits per heavy atom. The van der Waals surface area contributed by atoms with Crippen molar-refractivity contribution in [3.05, 3.63) is 59.7 Å². The summed E-state index contributed by atoms with van der Waals surface area (Å²) in [4.78, 5) is 14.4. The number of halogens is 2. The standard InChI is InChI=1S/C19H20F2N2O2/c1-22-11-13-8-9-23(12-13)19(24)14-2-5-16(6-3-14)25-18-7-4-15(20)10-17(18)21/h2-7,10,13,22H,8-9,11-12H2,1H3/t13-/m1/s1. The minimum atomic E-state index is -0.771. The number of hydrogen-bond donors (Lipinski definition) is 1. The summed E-state index contributed by atoms with van der Waals surface area (Å²) in [7, 11) is 1.91. The lowest BCUT2D eigenvalue weighted by atomic mass is 10.1. The molecule has 1 atom stereocenters. The highest BCUT2D eigenvalue weighted by Crippen LogP contribution is 2.26. The van der Waals surface area contributed by atoms with Gasteiger partial charge in [-0.15, -0.1) is 0 Å². The Labute approximate surface area is 145 Å². The number of rotatable bonds is 5. The Kier molecular flexibility index (Phi) is 5.28. The lowest BCUT2D eigenvalue weighted by molar-refractivity contribution is 0.0787. The predicted molar refractivity (Wildman–Crippen MR) is 90.8 cm³/mol. The van der Waals surface area contributed by atoms with Crippen molar-refractivity contribution in [1.29, 1.82) is 0 Å². The van der Waals surface area contributed by atoms with Crippen LogP contribution in [-0.2, 0) is 0 Å². The molecule has 25 heavy (non-hydrogen) atoms. The molecule has 2 aromatic rings. The summed E-state index contributed by atoms with van der Waals surface area (Å²) in [5.41, 5.74) is 0.567. The summed E-state index contributed by atoms with van der Waals surface area (Å²) in [6, 6.07) is 9.66. The van der Waals surface area contributed by atoms with Crippen LogP contribution in [0, 0.1) is 17.6 Å². The lowest BCUT2D eigenvalue weighted by Crippen LogP contribution is -2.30. The highest BCUT2D eigenvalue weighted by atomic mass is 19.1. The van der Waals surface area contributed by atoms with Gasteiger partial charge in [-0.25, -0.2) is 8.78 Å². The van der Waals surface area contributed by atoms with Crippen LogP contribution in [0.1, 0.15) is 16.8 Å². The second-order valence-corrected chi connectivity index (χ2v) is 6.16. The van der Waals surface area contributed by atoms with Gasteiger partial charge in [-0.05, 0) is 62.3 Å². The van der Waals surface area contributed by atoms with Crippen LogP contribution in [0.25, 0.3) is 0 Å². The molecule has 3 rings (SSSR count). The van der Waals surface area contributed by atoms with Crippen LogP contribution >= 0.6 is 0 Å². The van der Waals surface area contributed by atoms with Gasteiger partial charge < -0.3 is 15.0 Å². The van der Waals surface area contributed by atoms with Gasteiger partial charge in [0.25, 0.3) is 5.91 Å². The van der Waals surface area contributed by atoms with E-state index in [1.54, 1.807) is 24.3 Å². The van der Waals surface area contributed by atoms with Crippen molar-refractivity contribution in [3.63, 3.8) is 0 Å². The van der Waals surface area contributed by atoms with E-state index in [0.717, 1.165) is 38.2 Å². The zero-order chi connectivity index (χ0) is 17.8. The molecule has 1 fully saturated rings. The van der Waals surface area contributed by atoms with Gasteiger partial charge >= 0.3 is 0 Å². The molecule has 1 saturated heterocycles. The Balaban J connectivity index is 1.65. The van der Waals surface area contributed by atoms with Crippen molar-refractivity contribution in [2.75, 3.05) is 26.7 Å². The molecule has 132 valence electrons. The van der Waals surface area contributed by atoms with E-state index in [-0.39, 0.29) is 11.7 Å². The number of hydrogen-bond acceptors (Lipinski definition) is 3. The normalized spacial score (nSPS) is 16.9. The first-order valence-electron chi connectivity index (χ1n) is 8.23. The van der Waals surface area contributed by atoms with E-state index in [1.807, 2.05) is 11.9 Å². The summed E-state index contributed by atoms with van der Waals surface area (Å²) in [6.07, 6.45) is 0.998. The first-order valence-corrected chi connectivity index (χ1v) is 8.23. The number of amides is 1. The number of nitrogens with one attached hydrogen (secondary N) is 1. The van der Waals surface area contributed by atoms with Crippen molar-refractivity contribution in [2.24, 2.45) is 5.92 Å². The largest absolute Gasteiger partial charge is 0.454 e. The van der Waals surface area contributed by atoms with E-state index in [4.69, 9.17) is 4.74 Å². The van der Waals surface area contributed by atoms with Gasteiger partial charge in [0.05, 0.1) is 0 Å². The Hall–Kier alpha value is -2.47. The maximum absolute atomic E-state index is 13.6. The molecule has 0 aromatic heterocycles. The Morgan fingerprint density at radius 3 is 2.68 bits per heavy atom. The van der Waals surface area contributed by atoms with Crippen molar-refractivity contribution in [2.45, 2.75) is 6.42 Å². The smallest absolute Gasteiger partial charge is 0.253 e. The fraction of sp³-hybridized carbons (Fsp3) is 0.316.